The normalized spacial score (nSPS) is 31.6. The van der Waals surface area contributed by atoms with Gasteiger partial charge in [0.05, 0.1) is 11.6 Å². The van der Waals surface area contributed by atoms with Crippen molar-refractivity contribution in [1.29, 1.82) is 0 Å². The van der Waals surface area contributed by atoms with Gasteiger partial charge in [-0.15, -0.1) is 0 Å². The molecule has 2 fully saturated rings. The van der Waals surface area contributed by atoms with Crippen molar-refractivity contribution in [3.8, 4) is 0 Å². The van der Waals surface area contributed by atoms with E-state index in [4.69, 9.17) is 10.6 Å². The first-order valence-electron chi connectivity index (χ1n) is 9.35. The summed E-state index contributed by atoms with van der Waals surface area (Å²) in [5, 5.41) is 0. The molecule has 0 aliphatic heterocycles. The zero-order valence-corrected chi connectivity index (χ0v) is 14.2. The predicted octanol–water partition coefficient (Wildman–Crippen LogP) is 4.16. The summed E-state index contributed by atoms with van der Waals surface area (Å²) in [5.74, 6) is 7.64. The molecule has 0 radical (unpaired) electrons. The fourth-order valence-corrected chi connectivity index (χ4v) is 4.88. The maximum atomic E-state index is 6.38. The van der Waals surface area contributed by atoms with Crippen LogP contribution < -0.4 is 11.3 Å². The Labute approximate surface area is 131 Å². The summed E-state index contributed by atoms with van der Waals surface area (Å²) in [4.78, 5) is 0. The second-order valence-corrected chi connectivity index (χ2v) is 7.26. The molecule has 2 rings (SSSR count). The van der Waals surface area contributed by atoms with Gasteiger partial charge in [0.2, 0.25) is 0 Å². The lowest BCUT2D eigenvalue weighted by atomic mass is 9.70. The number of rotatable bonds is 6. The predicted molar refractivity (Wildman–Crippen MR) is 88.9 cm³/mol. The van der Waals surface area contributed by atoms with Gasteiger partial charge < -0.3 is 4.74 Å². The molecule has 21 heavy (non-hydrogen) atoms. The number of hydrazine groups is 1. The monoisotopic (exact) mass is 296 g/mol. The minimum absolute atomic E-state index is 0.0136. The van der Waals surface area contributed by atoms with Gasteiger partial charge in [-0.05, 0) is 44.4 Å². The third kappa shape index (κ3) is 4.20. The lowest BCUT2D eigenvalue weighted by Gasteiger charge is -2.46. The summed E-state index contributed by atoms with van der Waals surface area (Å²) in [5.41, 5.74) is 3.20. The van der Waals surface area contributed by atoms with Crippen LogP contribution in [0.5, 0.6) is 0 Å². The largest absolute Gasteiger partial charge is 0.374 e. The van der Waals surface area contributed by atoms with Crippen LogP contribution >= 0.6 is 0 Å². The molecule has 0 bridgehead atoms. The molecule has 124 valence electrons. The Morgan fingerprint density at radius 1 is 1.10 bits per heavy atom. The lowest BCUT2D eigenvalue weighted by molar-refractivity contribution is -0.0954. The molecule has 3 N–H and O–H groups in total. The average molecular weight is 296 g/mol. The molecule has 3 unspecified atom stereocenters. The average Bonchev–Trinajstić information content (AvgIpc) is 2.75. The molecular formula is C18H36N2O. The first-order valence-corrected chi connectivity index (χ1v) is 9.35. The van der Waals surface area contributed by atoms with Gasteiger partial charge in [-0.2, -0.15) is 0 Å². The van der Waals surface area contributed by atoms with E-state index in [1.54, 1.807) is 0 Å². The van der Waals surface area contributed by atoms with Crippen LogP contribution in [0.2, 0.25) is 0 Å². The van der Waals surface area contributed by atoms with E-state index in [0.717, 1.165) is 12.5 Å². The van der Waals surface area contributed by atoms with Crippen LogP contribution in [0.4, 0.5) is 0 Å². The number of ether oxygens (including phenoxy) is 1. The molecule has 3 nitrogen and oxygen atoms in total. The number of nitrogens with two attached hydrogens (primary N) is 1. The molecule has 0 spiro atoms. The van der Waals surface area contributed by atoms with E-state index in [9.17, 15) is 0 Å². The zero-order chi connectivity index (χ0) is 15.1. The first kappa shape index (κ1) is 17.2. The second kappa shape index (κ2) is 8.50. The van der Waals surface area contributed by atoms with E-state index in [0.29, 0.717) is 12.0 Å². The molecule has 2 aliphatic rings. The lowest BCUT2D eigenvalue weighted by Crippen LogP contribution is -2.59. The van der Waals surface area contributed by atoms with Crippen molar-refractivity contribution in [1.82, 2.24) is 5.43 Å². The third-order valence-electron chi connectivity index (χ3n) is 6.00. The van der Waals surface area contributed by atoms with Crippen LogP contribution in [0.3, 0.4) is 0 Å². The van der Waals surface area contributed by atoms with Gasteiger partial charge in [-0.25, -0.2) is 0 Å². The molecule has 0 aromatic carbocycles. The van der Waals surface area contributed by atoms with Gasteiger partial charge in [0.1, 0.15) is 0 Å². The maximum absolute atomic E-state index is 6.38. The molecule has 0 heterocycles. The first-order chi connectivity index (χ1) is 10.3. The smallest absolute Gasteiger partial charge is 0.0850 e. The van der Waals surface area contributed by atoms with Crippen molar-refractivity contribution in [3.63, 3.8) is 0 Å². The zero-order valence-electron chi connectivity index (χ0n) is 14.2. The molecule has 2 aliphatic carbocycles. The van der Waals surface area contributed by atoms with Gasteiger partial charge in [-0.1, -0.05) is 51.9 Å². The van der Waals surface area contributed by atoms with Crippen molar-refractivity contribution in [2.75, 3.05) is 6.61 Å². The van der Waals surface area contributed by atoms with Crippen molar-refractivity contribution < 1.29 is 4.74 Å². The molecule has 3 heteroatoms. The fourth-order valence-electron chi connectivity index (χ4n) is 4.88. The van der Waals surface area contributed by atoms with Gasteiger partial charge in [0.15, 0.2) is 0 Å². The summed E-state index contributed by atoms with van der Waals surface area (Å²) < 4.78 is 6.38. The summed E-state index contributed by atoms with van der Waals surface area (Å²) in [6, 6.07) is 0.338. The van der Waals surface area contributed by atoms with E-state index in [1.807, 2.05) is 0 Å². The molecule has 0 saturated heterocycles. The number of hydrogen-bond acceptors (Lipinski definition) is 3. The fraction of sp³-hybridized carbons (Fsp3) is 1.00. The minimum Gasteiger partial charge on any atom is -0.374 e. The van der Waals surface area contributed by atoms with Crippen LogP contribution in [-0.2, 0) is 4.74 Å². The Bertz CT molecular complexity index is 287. The number of nitrogens with one attached hydrogen (secondary N) is 1. The van der Waals surface area contributed by atoms with E-state index >= 15 is 0 Å². The van der Waals surface area contributed by atoms with Gasteiger partial charge >= 0.3 is 0 Å². The minimum atomic E-state index is -0.0136. The number of hydrogen-bond donors (Lipinski definition) is 2. The Balaban J connectivity index is 2.13. The highest BCUT2D eigenvalue weighted by Crippen LogP contribution is 2.41. The maximum Gasteiger partial charge on any atom is 0.0850 e. The van der Waals surface area contributed by atoms with E-state index in [2.05, 4.69) is 19.3 Å². The third-order valence-corrected chi connectivity index (χ3v) is 6.00. The van der Waals surface area contributed by atoms with Crippen molar-refractivity contribution >= 4 is 0 Å². The summed E-state index contributed by atoms with van der Waals surface area (Å²) in [6.07, 6.45) is 14.4. The molecule has 2 saturated carbocycles. The van der Waals surface area contributed by atoms with Crippen molar-refractivity contribution in [3.05, 3.63) is 0 Å². The molecule has 0 aromatic heterocycles. The van der Waals surface area contributed by atoms with E-state index in [1.165, 1.54) is 70.6 Å². The van der Waals surface area contributed by atoms with Gasteiger partial charge in [-0.3, -0.25) is 11.3 Å². The van der Waals surface area contributed by atoms with Crippen LogP contribution in [0.25, 0.3) is 0 Å². The summed E-state index contributed by atoms with van der Waals surface area (Å²) >= 11 is 0. The van der Waals surface area contributed by atoms with Gasteiger partial charge in [0.25, 0.3) is 0 Å². The van der Waals surface area contributed by atoms with Crippen LogP contribution in [0.15, 0.2) is 0 Å². The van der Waals surface area contributed by atoms with Crippen molar-refractivity contribution in [2.24, 2.45) is 17.7 Å². The van der Waals surface area contributed by atoms with E-state index in [-0.39, 0.29) is 5.60 Å². The van der Waals surface area contributed by atoms with Crippen molar-refractivity contribution in [2.45, 2.75) is 96.1 Å². The highest BCUT2D eigenvalue weighted by atomic mass is 16.5. The Hall–Kier alpha value is -0.120. The second-order valence-electron chi connectivity index (χ2n) is 7.26. The molecular weight excluding hydrogens is 260 g/mol. The molecule has 0 aromatic rings. The Morgan fingerprint density at radius 2 is 1.81 bits per heavy atom. The quantitative estimate of drug-likeness (QED) is 0.439. The highest BCUT2D eigenvalue weighted by molar-refractivity contribution is 4.98. The Morgan fingerprint density at radius 3 is 2.38 bits per heavy atom. The molecule has 3 atom stereocenters. The topological polar surface area (TPSA) is 47.3 Å². The van der Waals surface area contributed by atoms with Gasteiger partial charge in [0, 0.05) is 6.61 Å². The Kier molecular flexibility index (Phi) is 6.97. The standard InChI is InChI=1S/C18H36N2O/c1-3-15-10-9-11-16(14-15)17(20-19)18(21-4-2)12-7-5-6-8-13-18/h15-17,20H,3-14,19H2,1-2H3. The highest BCUT2D eigenvalue weighted by Gasteiger charge is 2.44. The van der Waals surface area contributed by atoms with Crippen LogP contribution in [0, 0.1) is 11.8 Å². The van der Waals surface area contributed by atoms with Crippen LogP contribution in [0.1, 0.15) is 84.5 Å². The summed E-state index contributed by atoms with van der Waals surface area (Å²) in [7, 11) is 0. The SMILES string of the molecule is CCOC1(C(NN)C2CCCC(CC)C2)CCCCCC1. The molecule has 0 amide bonds. The van der Waals surface area contributed by atoms with Crippen LogP contribution in [-0.4, -0.2) is 18.2 Å². The summed E-state index contributed by atoms with van der Waals surface area (Å²) in [6.45, 7) is 5.28. The van der Waals surface area contributed by atoms with E-state index < -0.39 is 0 Å².